The molecule has 0 saturated carbocycles. The van der Waals surface area contributed by atoms with Crippen molar-refractivity contribution in [3.8, 4) is 0 Å². The Morgan fingerprint density at radius 2 is 2.11 bits per heavy atom. The molecule has 1 aliphatic rings. The van der Waals surface area contributed by atoms with Gasteiger partial charge in [-0.3, -0.25) is 0 Å². The van der Waals surface area contributed by atoms with Crippen molar-refractivity contribution >= 4 is 0 Å². The van der Waals surface area contributed by atoms with Gasteiger partial charge in [0.2, 0.25) is 0 Å². The van der Waals surface area contributed by atoms with Crippen LogP contribution in [0.5, 0.6) is 0 Å². The minimum Gasteiger partial charge on any atom is -0.316 e. The monoisotopic (exact) mass is 246 g/mol. The predicted molar refractivity (Wildman–Crippen MR) is 77.7 cm³/mol. The molecule has 0 spiro atoms. The molecule has 0 aromatic heterocycles. The van der Waals surface area contributed by atoms with Crippen LogP contribution in [0.2, 0.25) is 0 Å². The standard InChI is InChI=1S/C16H26N2/c1-4-13(10-15-7-8-18-16(15)17)14-6-5-11(2)12(3)9-14/h5-6,9,13,15-16,18H,4,7-8,10,17H2,1-3H3. The quantitative estimate of drug-likeness (QED) is 0.857. The highest BCUT2D eigenvalue weighted by molar-refractivity contribution is 5.32. The fraction of sp³-hybridized carbons (Fsp3) is 0.625. The van der Waals surface area contributed by atoms with Crippen molar-refractivity contribution < 1.29 is 0 Å². The Labute approximate surface area is 111 Å². The highest BCUT2D eigenvalue weighted by atomic mass is 15.1. The predicted octanol–water partition coefficient (Wildman–Crippen LogP) is 3.08. The third-order valence-corrected chi connectivity index (χ3v) is 4.49. The van der Waals surface area contributed by atoms with Crippen LogP contribution in [0.1, 0.15) is 48.8 Å². The van der Waals surface area contributed by atoms with Crippen LogP contribution in [0.15, 0.2) is 18.2 Å². The zero-order valence-corrected chi connectivity index (χ0v) is 11.9. The number of rotatable bonds is 4. The lowest BCUT2D eigenvalue weighted by molar-refractivity contribution is 0.387. The molecule has 0 amide bonds. The second-order valence-corrected chi connectivity index (χ2v) is 5.71. The van der Waals surface area contributed by atoms with E-state index < -0.39 is 0 Å². The fourth-order valence-electron chi connectivity index (χ4n) is 2.97. The van der Waals surface area contributed by atoms with Gasteiger partial charge in [-0.15, -0.1) is 0 Å². The molecule has 0 bridgehead atoms. The number of hydrogen-bond donors (Lipinski definition) is 2. The molecule has 1 fully saturated rings. The second-order valence-electron chi connectivity index (χ2n) is 5.71. The van der Waals surface area contributed by atoms with Gasteiger partial charge in [0.25, 0.3) is 0 Å². The number of hydrogen-bond acceptors (Lipinski definition) is 2. The maximum Gasteiger partial charge on any atom is 0.0576 e. The van der Waals surface area contributed by atoms with Gasteiger partial charge < -0.3 is 11.1 Å². The average molecular weight is 246 g/mol. The molecule has 2 heteroatoms. The molecule has 3 atom stereocenters. The Morgan fingerprint density at radius 1 is 1.33 bits per heavy atom. The van der Waals surface area contributed by atoms with E-state index in [1.54, 1.807) is 0 Å². The van der Waals surface area contributed by atoms with Gasteiger partial charge >= 0.3 is 0 Å². The molecule has 1 saturated heterocycles. The molecule has 2 nitrogen and oxygen atoms in total. The van der Waals surface area contributed by atoms with Crippen molar-refractivity contribution in [1.29, 1.82) is 0 Å². The highest BCUT2D eigenvalue weighted by Crippen LogP contribution is 2.31. The smallest absolute Gasteiger partial charge is 0.0576 e. The summed E-state index contributed by atoms with van der Waals surface area (Å²) in [6.07, 6.45) is 3.84. The molecule has 2 rings (SSSR count). The molecule has 100 valence electrons. The van der Waals surface area contributed by atoms with Gasteiger partial charge in [0, 0.05) is 0 Å². The van der Waals surface area contributed by atoms with E-state index >= 15 is 0 Å². The minimum atomic E-state index is 0.200. The summed E-state index contributed by atoms with van der Waals surface area (Å²) in [7, 11) is 0. The molecular weight excluding hydrogens is 220 g/mol. The van der Waals surface area contributed by atoms with Crippen molar-refractivity contribution in [1.82, 2.24) is 5.32 Å². The Morgan fingerprint density at radius 3 is 2.67 bits per heavy atom. The molecule has 3 unspecified atom stereocenters. The van der Waals surface area contributed by atoms with Crippen molar-refractivity contribution in [2.75, 3.05) is 6.54 Å². The van der Waals surface area contributed by atoms with Crippen LogP contribution in [0.25, 0.3) is 0 Å². The Kier molecular flexibility index (Phi) is 4.41. The van der Waals surface area contributed by atoms with E-state index in [-0.39, 0.29) is 6.17 Å². The molecule has 1 heterocycles. The van der Waals surface area contributed by atoms with Gasteiger partial charge in [-0.1, -0.05) is 25.1 Å². The maximum absolute atomic E-state index is 6.10. The van der Waals surface area contributed by atoms with E-state index in [0.717, 1.165) is 6.54 Å². The first kappa shape index (κ1) is 13.6. The summed E-state index contributed by atoms with van der Waals surface area (Å²) >= 11 is 0. The summed E-state index contributed by atoms with van der Waals surface area (Å²) in [6.45, 7) is 7.74. The Hall–Kier alpha value is -0.860. The molecule has 3 N–H and O–H groups in total. The zero-order chi connectivity index (χ0) is 13.1. The van der Waals surface area contributed by atoms with Crippen LogP contribution in [0.3, 0.4) is 0 Å². The van der Waals surface area contributed by atoms with Crippen LogP contribution in [0, 0.1) is 19.8 Å². The van der Waals surface area contributed by atoms with Crippen molar-refractivity contribution in [3.05, 3.63) is 34.9 Å². The lowest BCUT2D eigenvalue weighted by atomic mass is 9.84. The van der Waals surface area contributed by atoms with Crippen LogP contribution in [0.4, 0.5) is 0 Å². The van der Waals surface area contributed by atoms with Crippen molar-refractivity contribution in [3.63, 3.8) is 0 Å². The first-order valence-electron chi connectivity index (χ1n) is 7.18. The number of benzene rings is 1. The third-order valence-electron chi connectivity index (χ3n) is 4.49. The van der Waals surface area contributed by atoms with Gasteiger partial charge in [0.15, 0.2) is 0 Å². The average Bonchev–Trinajstić information content (AvgIpc) is 2.75. The molecule has 0 radical (unpaired) electrons. The van der Waals surface area contributed by atoms with Gasteiger partial charge in [-0.25, -0.2) is 0 Å². The fourth-order valence-corrected chi connectivity index (χ4v) is 2.97. The maximum atomic E-state index is 6.10. The topological polar surface area (TPSA) is 38.0 Å². The molecule has 0 aliphatic carbocycles. The van der Waals surface area contributed by atoms with Crippen LogP contribution < -0.4 is 11.1 Å². The van der Waals surface area contributed by atoms with E-state index in [1.807, 2.05) is 0 Å². The number of aryl methyl sites for hydroxylation is 2. The van der Waals surface area contributed by atoms with E-state index in [2.05, 4.69) is 44.3 Å². The third kappa shape index (κ3) is 2.93. The Bertz CT molecular complexity index is 400. The highest BCUT2D eigenvalue weighted by Gasteiger charge is 2.26. The summed E-state index contributed by atoms with van der Waals surface area (Å²) in [5.41, 5.74) is 10.4. The summed E-state index contributed by atoms with van der Waals surface area (Å²) in [5, 5.41) is 3.35. The first-order chi connectivity index (χ1) is 8.61. The minimum absolute atomic E-state index is 0.200. The van der Waals surface area contributed by atoms with E-state index in [4.69, 9.17) is 5.73 Å². The van der Waals surface area contributed by atoms with E-state index in [0.29, 0.717) is 11.8 Å². The number of nitrogens with one attached hydrogen (secondary N) is 1. The van der Waals surface area contributed by atoms with Crippen molar-refractivity contribution in [2.45, 2.75) is 52.1 Å². The lowest BCUT2D eigenvalue weighted by Gasteiger charge is -2.23. The largest absolute Gasteiger partial charge is 0.316 e. The Balaban J connectivity index is 2.10. The lowest BCUT2D eigenvalue weighted by Crippen LogP contribution is -2.36. The number of nitrogens with two attached hydrogens (primary N) is 1. The summed E-state index contributed by atoms with van der Waals surface area (Å²) in [4.78, 5) is 0. The summed E-state index contributed by atoms with van der Waals surface area (Å²) < 4.78 is 0. The van der Waals surface area contributed by atoms with Crippen LogP contribution in [-0.4, -0.2) is 12.7 Å². The zero-order valence-electron chi connectivity index (χ0n) is 11.9. The molecule has 1 aliphatic heterocycles. The molecule has 18 heavy (non-hydrogen) atoms. The van der Waals surface area contributed by atoms with Gasteiger partial charge in [0.05, 0.1) is 6.17 Å². The first-order valence-corrected chi connectivity index (χ1v) is 7.18. The molecule has 1 aromatic carbocycles. The second kappa shape index (κ2) is 5.85. The van der Waals surface area contributed by atoms with E-state index in [1.165, 1.54) is 36.0 Å². The molecular formula is C16H26N2. The van der Waals surface area contributed by atoms with Gasteiger partial charge in [-0.2, -0.15) is 0 Å². The summed E-state index contributed by atoms with van der Waals surface area (Å²) in [6, 6.07) is 6.90. The van der Waals surface area contributed by atoms with Gasteiger partial charge in [-0.05, 0) is 68.2 Å². The van der Waals surface area contributed by atoms with E-state index in [9.17, 15) is 0 Å². The summed E-state index contributed by atoms with van der Waals surface area (Å²) in [5.74, 6) is 1.29. The van der Waals surface area contributed by atoms with Crippen molar-refractivity contribution in [2.24, 2.45) is 11.7 Å². The van der Waals surface area contributed by atoms with Gasteiger partial charge in [0.1, 0.15) is 0 Å². The normalized spacial score (nSPS) is 25.3. The van der Waals surface area contributed by atoms with Crippen LogP contribution in [-0.2, 0) is 0 Å². The molecule has 1 aromatic rings. The van der Waals surface area contributed by atoms with Crippen LogP contribution >= 0.6 is 0 Å². The SMILES string of the molecule is CCC(CC1CCNC1N)c1ccc(C)c(C)c1.